The topological polar surface area (TPSA) is 185 Å². The first-order valence-corrected chi connectivity index (χ1v) is 22.2. The van der Waals surface area contributed by atoms with E-state index in [-0.39, 0.29) is 75.1 Å². The Kier molecular flexibility index (Phi) is 16.2. The van der Waals surface area contributed by atoms with Crippen LogP contribution in [-0.4, -0.2) is 82.5 Å². The Hall–Kier alpha value is -5.45. The molecule has 4 amide bonds. The molecule has 2 aliphatic rings. The van der Waals surface area contributed by atoms with Gasteiger partial charge in [0.05, 0.1) is 40.8 Å². The molecule has 4 aromatic carbocycles. The van der Waals surface area contributed by atoms with Gasteiger partial charge in [0.1, 0.15) is 0 Å². The van der Waals surface area contributed by atoms with Crippen LogP contribution in [0.5, 0.6) is 0 Å². The summed E-state index contributed by atoms with van der Waals surface area (Å²) in [6.07, 6.45) is 9.04. The van der Waals surface area contributed by atoms with E-state index >= 15 is 0 Å². The van der Waals surface area contributed by atoms with Crippen LogP contribution in [-0.2, 0) is 19.2 Å². The Labute approximate surface area is 386 Å². The molecular formula is C44H40Cl4N6O8S. The molecule has 0 spiro atoms. The molecule has 19 heteroatoms. The molecule has 6 rings (SSSR count). The highest BCUT2D eigenvalue weighted by Gasteiger charge is 2.31. The Morgan fingerprint density at radius 1 is 0.651 bits per heavy atom. The molecule has 0 atom stereocenters. The van der Waals surface area contributed by atoms with E-state index in [1.807, 2.05) is 0 Å². The second-order valence-corrected chi connectivity index (χ2v) is 17.3. The van der Waals surface area contributed by atoms with Crippen molar-refractivity contribution < 1.29 is 29.0 Å². The number of nitrogens with one attached hydrogen (secondary N) is 2. The lowest BCUT2D eigenvalue weighted by Crippen LogP contribution is -2.29. The molecule has 2 aliphatic heterocycles. The van der Waals surface area contributed by atoms with Gasteiger partial charge in [-0.25, -0.2) is 0 Å². The molecule has 2 heterocycles. The molecule has 0 saturated carbocycles. The summed E-state index contributed by atoms with van der Waals surface area (Å²) in [7, 11) is 0. The minimum absolute atomic E-state index is 0.00799. The van der Waals surface area contributed by atoms with Crippen molar-refractivity contribution in [3.63, 3.8) is 0 Å². The molecule has 2 fully saturated rings. The molecule has 0 aromatic heterocycles. The van der Waals surface area contributed by atoms with Gasteiger partial charge in [0, 0.05) is 85.4 Å². The minimum atomic E-state index is -0.624. The first kappa shape index (κ1) is 47.0. The van der Waals surface area contributed by atoms with Crippen molar-refractivity contribution in [1.29, 1.82) is 0 Å². The van der Waals surface area contributed by atoms with Gasteiger partial charge in [-0.2, -0.15) is 0 Å². The van der Waals surface area contributed by atoms with E-state index < -0.39 is 33.0 Å². The molecule has 63 heavy (non-hydrogen) atoms. The van der Waals surface area contributed by atoms with Crippen LogP contribution in [0.2, 0.25) is 20.1 Å². The van der Waals surface area contributed by atoms with Crippen molar-refractivity contribution in [1.82, 2.24) is 20.4 Å². The van der Waals surface area contributed by atoms with Crippen LogP contribution in [0, 0.1) is 20.2 Å². The number of hydrogen-bond donors (Lipinski definition) is 2. The number of halogens is 4. The largest absolute Gasteiger partial charge is 0.352 e. The fourth-order valence-electron chi connectivity index (χ4n) is 7.34. The van der Waals surface area contributed by atoms with Crippen LogP contribution in [0.1, 0.15) is 49.7 Å². The molecular weight excluding hydrogens is 914 g/mol. The van der Waals surface area contributed by atoms with E-state index in [9.17, 15) is 39.4 Å². The van der Waals surface area contributed by atoms with E-state index in [1.165, 1.54) is 72.8 Å². The van der Waals surface area contributed by atoms with Gasteiger partial charge in [-0.05, 0) is 85.4 Å². The number of carbonyl (C=O) groups excluding carboxylic acids is 4. The third-order valence-corrected chi connectivity index (χ3v) is 12.5. The summed E-state index contributed by atoms with van der Waals surface area (Å²) in [5.41, 5.74) is 0.108. The van der Waals surface area contributed by atoms with Crippen LogP contribution >= 0.6 is 58.2 Å². The van der Waals surface area contributed by atoms with Crippen LogP contribution in [0.15, 0.2) is 82.6 Å². The number of rotatable bonds is 18. The quantitative estimate of drug-likeness (QED) is 0.0424. The summed E-state index contributed by atoms with van der Waals surface area (Å²) < 4.78 is 0. The lowest BCUT2D eigenvalue weighted by Gasteiger charge is -2.16. The summed E-state index contributed by atoms with van der Waals surface area (Å²) in [4.78, 5) is 78.1. The Morgan fingerprint density at radius 3 is 1.41 bits per heavy atom. The normalized spacial score (nSPS) is 14.0. The molecule has 2 N–H and O–H groups in total. The molecule has 0 aliphatic carbocycles. The van der Waals surface area contributed by atoms with Gasteiger partial charge in [0.25, 0.3) is 11.4 Å². The van der Waals surface area contributed by atoms with Crippen LogP contribution in [0.4, 0.5) is 11.4 Å². The van der Waals surface area contributed by atoms with Crippen molar-refractivity contribution in [2.75, 3.05) is 39.3 Å². The fraction of sp³-hybridized carbons (Fsp3) is 0.273. The zero-order valence-electron chi connectivity index (χ0n) is 33.5. The van der Waals surface area contributed by atoms with Crippen molar-refractivity contribution in [3.05, 3.63) is 124 Å². The van der Waals surface area contributed by atoms with Gasteiger partial charge >= 0.3 is 0 Å². The number of carbonyl (C=O) groups is 4. The highest BCUT2D eigenvalue weighted by atomic mass is 35.5. The monoisotopic (exact) mass is 952 g/mol. The number of nitro benzene ring substituents is 2. The average Bonchev–Trinajstić information content (AvgIpc) is 3.85. The van der Waals surface area contributed by atoms with Crippen LogP contribution < -0.4 is 10.6 Å². The first-order chi connectivity index (χ1) is 30.2. The van der Waals surface area contributed by atoms with Crippen LogP contribution in [0.25, 0.3) is 34.4 Å². The van der Waals surface area contributed by atoms with Crippen molar-refractivity contribution >= 4 is 105 Å². The van der Waals surface area contributed by atoms with Gasteiger partial charge in [0.2, 0.25) is 23.6 Å². The summed E-state index contributed by atoms with van der Waals surface area (Å²) in [5.74, 6) is -0.763. The molecule has 2 saturated heterocycles. The molecule has 4 aromatic rings. The molecule has 0 bridgehead atoms. The van der Waals surface area contributed by atoms with Crippen molar-refractivity contribution in [3.8, 4) is 22.3 Å². The number of benzene rings is 4. The number of likely N-dealkylation sites (tertiary alicyclic amines) is 2. The van der Waals surface area contributed by atoms with Gasteiger partial charge in [0.15, 0.2) is 0 Å². The molecule has 14 nitrogen and oxygen atoms in total. The van der Waals surface area contributed by atoms with E-state index in [1.54, 1.807) is 21.9 Å². The number of nitrogens with zero attached hydrogens (tertiary/aromatic N) is 4. The van der Waals surface area contributed by atoms with Gasteiger partial charge in [-0.3, -0.25) is 39.4 Å². The Bertz CT molecular complexity index is 2370. The lowest BCUT2D eigenvalue weighted by atomic mass is 9.97. The summed E-state index contributed by atoms with van der Waals surface area (Å²) in [5, 5.41) is 32.5. The first-order valence-electron chi connectivity index (χ1n) is 19.9. The second-order valence-electron chi connectivity index (χ2n) is 14.5. The molecule has 0 radical (unpaired) electrons. The summed E-state index contributed by atoms with van der Waals surface area (Å²) in [6.45, 7) is 3.00. The molecule has 328 valence electrons. The number of amides is 4. The fourth-order valence-corrected chi connectivity index (χ4v) is 9.40. The van der Waals surface area contributed by atoms with Crippen molar-refractivity contribution in [2.24, 2.45) is 0 Å². The third-order valence-electron chi connectivity index (χ3n) is 10.3. The zero-order valence-corrected chi connectivity index (χ0v) is 37.4. The number of hydrogen-bond acceptors (Lipinski definition) is 9. The maximum Gasteiger partial charge on any atom is 0.291 e. The lowest BCUT2D eigenvalue weighted by molar-refractivity contribution is -0.387. The van der Waals surface area contributed by atoms with E-state index in [0.717, 1.165) is 24.6 Å². The third kappa shape index (κ3) is 12.0. The predicted octanol–water partition coefficient (Wildman–Crippen LogP) is 9.89. The van der Waals surface area contributed by atoms with Crippen LogP contribution in [0.3, 0.4) is 0 Å². The van der Waals surface area contributed by atoms with Gasteiger partial charge in [-0.15, -0.1) is 0 Å². The SMILES string of the molecule is O=C(C=Cc1ccc(Sc2ccc(C=CC(=O)NCCCN3CCCC3=O)c(-c3ccc(Cl)cc3Cl)c2[N+](=O)[O-])c([N+](=O)[O-])c1-c1ccc(Cl)cc1Cl)NCCCN1CCCC1=O. The maximum absolute atomic E-state index is 13.1. The highest BCUT2D eigenvalue weighted by Crippen LogP contribution is 2.50. The maximum atomic E-state index is 13.1. The standard InChI is InChI=1S/C44H40Cl4N6O8S/c45-29-11-13-31(33(47)25-29)41-27(9-17-37(55)49-19-3-23-51-21-1-5-39(51)57)7-15-35(43(41)53(59)60)63-36-16-8-28(10-18-38(56)50-20-4-24-52-22-2-6-40(52)58)42(44(36)54(61)62)32-14-12-30(46)26-34(32)48/h7-18,25-26H,1-6,19-24H2,(H,49,55)(H,50,56). The Balaban J connectivity index is 1.35. The second kappa shape index (κ2) is 21.8. The summed E-state index contributed by atoms with van der Waals surface area (Å²) >= 11 is 26.5. The van der Waals surface area contributed by atoms with Gasteiger partial charge in [-0.1, -0.05) is 82.4 Å². The van der Waals surface area contributed by atoms with E-state index in [0.29, 0.717) is 65.0 Å². The van der Waals surface area contributed by atoms with E-state index in [4.69, 9.17) is 46.4 Å². The minimum Gasteiger partial charge on any atom is -0.352 e. The zero-order chi connectivity index (χ0) is 45.2. The van der Waals surface area contributed by atoms with Crippen molar-refractivity contribution in [2.45, 2.75) is 48.3 Å². The summed E-state index contributed by atoms with van der Waals surface area (Å²) in [6, 6.07) is 14.8. The van der Waals surface area contributed by atoms with E-state index in [2.05, 4.69) is 10.6 Å². The predicted molar refractivity (Wildman–Crippen MR) is 246 cm³/mol. The molecule has 0 unspecified atom stereocenters. The number of nitro groups is 2. The smallest absolute Gasteiger partial charge is 0.291 e. The average molecular weight is 955 g/mol. The van der Waals surface area contributed by atoms with Gasteiger partial charge < -0.3 is 20.4 Å². The highest BCUT2D eigenvalue weighted by molar-refractivity contribution is 7.99. The Morgan fingerprint density at radius 2 is 1.06 bits per heavy atom.